The van der Waals surface area contributed by atoms with Crippen LogP contribution in [0.5, 0.6) is 17.2 Å². The van der Waals surface area contributed by atoms with Crippen LogP contribution in [0.15, 0.2) is 59.2 Å². The van der Waals surface area contributed by atoms with Gasteiger partial charge in [-0.15, -0.1) is 0 Å². The largest absolute Gasteiger partial charge is 0.497 e. The van der Waals surface area contributed by atoms with Crippen LogP contribution in [0.2, 0.25) is 0 Å². The third-order valence-electron chi connectivity index (χ3n) is 8.85. The van der Waals surface area contributed by atoms with Crippen molar-refractivity contribution in [3.05, 3.63) is 59.9 Å². The second kappa shape index (κ2) is 12.7. The number of ether oxygens (including phenoxy) is 5. The molecule has 2 fully saturated rings. The molecule has 0 aromatic heterocycles. The topological polar surface area (TPSA) is 133 Å². The van der Waals surface area contributed by atoms with Gasteiger partial charge in [0.1, 0.15) is 5.75 Å². The van der Waals surface area contributed by atoms with Crippen LogP contribution in [0.1, 0.15) is 43.6 Å². The SMILES string of the molecule is COc1ccc(S(=O)(=O)N(CCO)CCO[C@H]2C[C@@H](c3ccc4c(c3)OCO4)C=C(C(=O)NC3CC4CCC3C4)O2)cc1. The first kappa shape index (κ1) is 29.7. The molecule has 3 unspecified atom stereocenters. The molecule has 4 aliphatic rings. The standard InChI is InChI=1S/C31H38N2O9S/c1-38-24-5-7-25(8-6-24)43(36,37)33(10-12-34)11-13-39-30-18-23(21-4-9-27-28(16-21)41-19-40-27)17-29(42-30)31(35)32-26-15-20-2-3-22(26)14-20/h4-9,16-17,20,22-23,26,30,34H,2-3,10-15,18-19H2,1H3,(H,32,35)/t20?,22?,23-,26?,30+/m0/s1. The lowest BCUT2D eigenvalue weighted by Gasteiger charge is -2.31. The van der Waals surface area contributed by atoms with Crippen LogP contribution in [-0.2, 0) is 24.3 Å². The van der Waals surface area contributed by atoms with E-state index in [-0.39, 0.29) is 61.6 Å². The lowest BCUT2D eigenvalue weighted by Crippen LogP contribution is -2.41. The van der Waals surface area contributed by atoms with Crippen molar-refractivity contribution in [1.29, 1.82) is 0 Å². The first-order chi connectivity index (χ1) is 20.8. The number of aliphatic hydroxyl groups excluding tert-OH is 1. The van der Waals surface area contributed by atoms with Crippen molar-refractivity contribution in [3.8, 4) is 17.2 Å². The Kier molecular flexibility index (Phi) is 8.80. The summed E-state index contributed by atoms with van der Waals surface area (Å²) in [5.74, 6) is 2.78. The van der Waals surface area contributed by atoms with Crippen molar-refractivity contribution in [2.75, 3.05) is 40.2 Å². The number of benzene rings is 2. The fourth-order valence-electron chi connectivity index (χ4n) is 6.60. The summed E-state index contributed by atoms with van der Waals surface area (Å²) >= 11 is 0. The average molecular weight is 615 g/mol. The zero-order valence-electron chi connectivity index (χ0n) is 24.1. The first-order valence-corrected chi connectivity index (χ1v) is 16.2. The zero-order chi connectivity index (χ0) is 30.0. The Hall–Kier alpha value is -3.32. The maximum Gasteiger partial charge on any atom is 0.286 e. The van der Waals surface area contributed by atoms with Gasteiger partial charge < -0.3 is 34.1 Å². The Morgan fingerprint density at radius 3 is 2.58 bits per heavy atom. The monoisotopic (exact) mass is 614 g/mol. The van der Waals surface area contributed by atoms with E-state index in [1.54, 1.807) is 12.1 Å². The van der Waals surface area contributed by atoms with Gasteiger partial charge in [-0.3, -0.25) is 4.79 Å². The number of carbonyl (C=O) groups is 1. The number of allylic oxidation sites excluding steroid dienone is 1. The number of nitrogens with zero attached hydrogens (tertiary/aromatic N) is 1. The zero-order valence-corrected chi connectivity index (χ0v) is 25.0. The van der Waals surface area contributed by atoms with E-state index in [0.717, 1.165) is 18.4 Å². The van der Waals surface area contributed by atoms with E-state index in [0.29, 0.717) is 35.5 Å². The summed E-state index contributed by atoms with van der Waals surface area (Å²) in [4.78, 5) is 13.5. The molecule has 0 saturated heterocycles. The summed E-state index contributed by atoms with van der Waals surface area (Å²) in [5.41, 5.74) is 0.926. The highest BCUT2D eigenvalue weighted by atomic mass is 32.2. The van der Waals surface area contributed by atoms with Crippen molar-refractivity contribution in [2.24, 2.45) is 11.8 Å². The number of amides is 1. The van der Waals surface area contributed by atoms with Gasteiger partial charge in [0, 0.05) is 31.5 Å². The number of aliphatic hydroxyl groups is 1. The molecular formula is C31H38N2O9S. The average Bonchev–Trinajstić information content (AvgIpc) is 3.78. The number of sulfonamides is 1. The smallest absolute Gasteiger partial charge is 0.286 e. The van der Waals surface area contributed by atoms with Crippen molar-refractivity contribution < 1.29 is 42.0 Å². The molecule has 2 aliphatic heterocycles. The fraction of sp³-hybridized carbons (Fsp3) is 0.516. The number of hydrogen-bond donors (Lipinski definition) is 2. The van der Waals surface area contributed by atoms with Crippen molar-refractivity contribution in [1.82, 2.24) is 9.62 Å². The van der Waals surface area contributed by atoms with E-state index < -0.39 is 16.3 Å². The van der Waals surface area contributed by atoms with E-state index >= 15 is 0 Å². The number of carbonyl (C=O) groups excluding carboxylic acids is 1. The van der Waals surface area contributed by atoms with Crippen molar-refractivity contribution in [3.63, 3.8) is 0 Å². The van der Waals surface area contributed by atoms with Crippen LogP contribution in [0.3, 0.4) is 0 Å². The molecular weight excluding hydrogens is 576 g/mol. The summed E-state index contributed by atoms with van der Waals surface area (Å²) < 4.78 is 56.0. The fourth-order valence-corrected chi connectivity index (χ4v) is 8.02. The molecule has 2 aliphatic carbocycles. The van der Waals surface area contributed by atoms with Crippen molar-refractivity contribution in [2.45, 2.75) is 55.2 Å². The van der Waals surface area contributed by atoms with E-state index in [2.05, 4.69) is 5.32 Å². The lowest BCUT2D eigenvalue weighted by atomic mass is 9.92. The lowest BCUT2D eigenvalue weighted by molar-refractivity contribution is -0.147. The molecule has 2 aromatic carbocycles. The highest BCUT2D eigenvalue weighted by Crippen LogP contribution is 2.45. The maximum atomic E-state index is 13.4. The van der Waals surface area contributed by atoms with Crippen molar-refractivity contribution >= 4 is 15.9 Å². The van der Waals surface area contributed by atoms with Gasteiger partial charge in [0.05, 0.1) is 25.2 Å². The molecule has 5 atom stereocenters. The predicted molar refractivity (Wildman–Crippen MR) is 155 cm³/mol. The highest BCUT2D eigenvalue weighted by Gasteiger charge is 2.41. The summed E-state index contributed by atoms with van der Waals surface area (Å²) in [6.07, 6.45) is 5.99. The molecule has 0 spiro atoms. The molecule has 2 N–H and O–H groups in total. The van der Waals surface area contributed by atoms with Gasteiger partial charge >= 0.3 is 0 Å². The minimum absolute atomic E-state index is 0.00477. The summed E-state index contributed by atoms with van der Waals surface area (Å²) in [6, 6.07) is 11.9. The first-order valence-electron chi connectivity index (χ1n) is 14.8. The highest BCUT2D eigenvalue weighted by molar-refractivity contribution is 7.89. The van der Waals surface area contributed by atoms with Gasteiger partial charge in [-0.1, -0.05) is 12.5 Å². The van der Waals surface area contributed by atoms with Gasteiger partial charge in [-0.25, -0.2) is 8.42 Å². The quantitative estimate of drug-likeness (QED) is 0.370. The molecule has 2 bridgehead atoms. The molecule has 232 valence electrons. The summed E-state index contributed by atoms with van der Waals surface area (Å²) in [6.45, 7) is -0.304. The van der Waals surface area contributed by atoms with Crippen LogP contribution in [0.4, 0.5) is 0 Å². The second-order valence-corrected chi connectivity index (χ2v) is 13.4. The summed E-state index contributed by atoms with van der Waals surface area (Å²) in [7, 11) is -2.39. The second-order valence-electron chi connectivity index (χ2n) is 11.5. The Morgan fingerprint density at radius 1 is 1.05 bits per heavy atom. The van der Waals surface area contributed by atoms with E-state index in [4.69, 9.17) is 23.7 Å². The molecule has 2 saturated carbocycles. The van der Waals surface area contributed by atoms with Crippen LogP contribution in [-0.4, -0.2) is 76.3 Å². The number of hydrogen-bond acceptors (Lipinski definition) is 9. The van der Waals surface area contributed by atoms with Gasteiger partial charge in [-0.05, 0) is 79.1 Å². The number of fused-ring (bicyclic) bond motifs is 3. The molecule has 0 radical (unpaired) electrons. The normalized spacial score (nSPS) is 25.8. The molecule has 6 rings (SSSR count). The molecule has 43 heavy (non-hydrogen) atoms. The Labute approximate surface area is 251 Å². The van der Waals surface area contributed by atoms with Crippen LogP contribution in [0, 0.1) is 11.8 Å². The van der Waals surface area contributed by atoms with Gasteiger partial charge in [0.15, 0.2) is 17.3 Å². The van der Waals surface area contributed by atoms with E-state index in [9.17, 15) is 18.3 Å². The third kappa shape index (κ3) is 6.47. The Bertz CT molecular complexity index is 1450. The van der Waals surface area contributed by atoms with Crippen LogP contribution in [0.25, 0.3) is 0 Å². The molecule has 2 aromatic rings. The third-order valence-corrected chi connectivity index (χ3v) is 10.8. The number of methoxy groups -OCH3 is 1. The molecule has 2 heterocycles. The van der Waals surface area contributed by atoms with Gasteiger partial charge in [0.25, 0.3) is 5.91 Å². The van der Waals surface area contributed by atoms with Gasteiger partial charge in [0.2, 0.25) is 23.1 Å². The number of rotatable bonds is 12. The minimum Gasteiger partial charge on any atom is -0.497 e. The molecule has 12 heteroatoms. The summed E-state index contributed by atoms with van der Waals surface area (Å²) in [5, 5.41) is 12.8. The van der Waals surface area contributed by atoms with Crippen LogP contribution < -0.4 is 19.5 Å². The maximum absolute atomic E-state index is 13.4. The van der Waals surface area contributed by atoms with E-state index in [1.165, 1.54) is 36.4 Å². The number of nitrogens with one attached hydrogen (secondary N) is 1. The predicted octanol–water partition coefficient (Wildman–Crippen LogP) is 3.14. The van der Waals surface area contributed by atoms with Gasteiger partial charge in [-0.2, -0.15) is 4.31 Å². The van der Waals surface area contributed by atoms with E-state index in [1.807, 2.05) is 24.3 Å². The van der Waals surface area contributed by atoms with Crippen LogP contribution >= 0.6 is 0 Å². The molecule has 1 amide bonds. The Balaban J connectivity index is 1.15. The minimum atomic E-state index is -3.90. The molecule has 11 nitrogen and oxygen atoms in total. The Morgan fingerprint density at radius 2 is 1.86 bits per heavy atom.